The number of carbonyl (C=O) groups is 1. The van der Waals surface area contributed by atoms with E-state index in [4.69, 9.17) is 11.6 Å². The number of benzene rings is 2. The van der Waals surface area contributed by atoms with E-state index in [2.05, 4.69) is 5.32 Å². The van der Waals surface area contributed by atoms with Crippen LogP contribution in [0.3, 0.4) is 0 Å². The summed E-state index contributed by atoms with van der Waals surface area (Å²) in [6.07, 6.45) is 1.33. The summed E-state index contributed by atoms with van der Waals surface area (Å²) in [5.74, 6) is 1.88. The van der Waals surface area contributed by atoms with Crippen molar-refractivity contribution in [1.29, 1.82) is 0 Å². The van der Waals surface area contributed by atoms with Gasteiger partial charge in [-0.2, -0.15) is 11.8 Å². The molecule has 0 aliphatic rings. The number of hydrogen-bond acceptors (Lipinski definition) is 2. The van der Waals surface area contributed by atoms with Crippen LogP contribution < -0.4 is 5.32 Å². The van der Waals surface area contributed by atoms with Crippen LogP contribution in [-0.2, 0) is 17.0 Å². The van der Waals surface area contributed by atoms with Crippen molar-refractivity contribution in [2.45, 2.75) is 18.6 Å². The lowest BCUT2D eigenvalue weighted by Crippen LogP contribution is -2.25. The van der Waals surface area contributed by atoms with Crippen molar-refractivity contribution in [2.24, 2.45) is 0 Å². The van der Waals surface area contributed by atoms with Crippen molar-refractivity contribution in [1.82, 2.24) is 5.32 Å². The Morgan fingerprint density at radius 3 is 2.55 bits per heavy atom. The van der Waals surface area contributed by atoms with Gasteiger partial charge in [-0.1, -0.05) is 60.1 Å². The second-order valence-electron chi connectivity index (χ2n) is 4.98. The number of nitrogens with one attached hydrogen (secondary N) is 1. The lowest BCUT2D eigenvalue weighted by atomic mass is 10.1. The number of thioether (sulfide) groups is 1. The minimum atomic E-state index is 0.113. The van der Waals surface area contributed by atoms with Crippen LogP contribution in [0.15, 0.2) is 54.6 Å². The maximum Gasteiger partial charge on any atom is 0.220 e. The number of hydrogen-bond donors (Lipinski definition) is 1. The summed E-state index contributed by atoms with van der Waals surface area (Å²) in [6, 6.07) is 17.9. The van der Waals surface area contributed by atoms with Gasteiger partial charge in [0.05, 0.1) is 0 Å². The van der Waals surface area contributed by atoms with Gasteiger partial charge in [0, 0.05) is 29.5 Å². The summed E-state index contributed by atoms with van der Waals surface area (Å²) in [5, 5.41) is 3.77. The van der Waals surface area contributed by atoms with Gasteiger partial charge in [0.15, 0.2) is 0 Å². The number of aryl methyl sites for hydroxylation is 1. The normalized spacial score (nSPS) is 10.4. The fourth-order valence-corrected chi connectivity index (χ4v) is 3.20. The van der Waals surface area contributed by atoms with E-state index >= 15 is 0 Å². The molecule has 2 aromatic rings. The van der Waals surface area contributed by atoms with Gasteiger partial charge in [0.1, 0.15) is 0 Å². The third-order valence-corrected chi connectivity index (χ3v) is 4.64. The fraction of sp³-hybridized carbons (Fsp3) is 0.278. The maximum atomic E-state index is 11.8. The van der Waals surface area contributed by atoms with E-state index in [1.54, 1.807) is 11.8 Å². The monoisotopic (exact) mass is 333 g/mol. The first kappa shape index (κ1) is 16.9. The van der Waals surface area contributed by atoms with Gasteiger partial charge in [0.25, 0.3) is 0 Å². The second kappa shape index (κ2) is 9.54. The summed E-state index contributed by atoms with van der Waals surface area (Å²) >= 11 is 7.88. The Morgan fingerprint density at radius 2 is 1.77 bits per heavy atom. The summed E-state index contributed by atoms with van der Waals surface area (Å²) in [4.78, 5) is 11.8. The molecule has 22 heavy (non-hydrogen) atoms. The van der Waals surface area contributed by atoms with Crippen molar-refractivity contribution in [3.05, 3.63) is 70.7 Å². The number of amides is 1. The van der Waals surface area contributed by atoms with E-state index in [9.17, 15) is 4.79 Å². The summed E-state index contributed by atoms with van der Waals surface area (Å²) in [7, 11) is 0. The SMILES string of the molecule is O=C(CCc1ccccc1)NCCSCc1ccccc1Cl. The Kier molecular flexibility index (Phi) is 7.34. The van der Waals surface area contributed by atoms with E-state index in [-0.39, 0.29) is 5.91 Å². The van der Waals surface area contributed by atoms with Crippen molar-refractivity contribution in [3.8, 4) is 0 Å². The molecule has 0 radical (unpaired) electrons. The van der Waals surface area contributed by atoms with Gasteiger partial charge in [-0.25, -0.2) is 0 Å². The van der Waals surface area contributed by atoms with Crippen LogP contribution >= 0.6 is 23.4 Å². The highest BCUT2D eigenvalue weighted by Gasteiger charge is 2.02. The van der Waals surface area contributed by atoms with Crippen molar-refractivity contribution in [3.63, 3.8) is 0 Å². The molecule has 0 saturated heterocycles. The molecule has 0 saturated carbocycles. The highest BCUT2D eigenvalue weighted by atomic mass is 35.5. The zero-order valence-electron chi connectivity index (χ0n) is 12.4. The average Bonchev–Trinajstić information content (AvgIpc) is 2.55. The first-order valence-corrected chi connectivity index (χ1v) is 8.91. The third kappa shape index (κ3) is 6.12. The molecule has 0 aromatic heterocycles. The third-order valence-electron chi connectivity index (χ3n) is 3.27. The molecule has 1 amide bonds. The van der Waals surface area contributed by atoms with Crippen molar-refractivity contribution >= 4 is 29.3 Å². The standard InChI is InChI=1S/C18H20ClNOS/c19-17-9-5-4-8-16(17)14-22-13-12-20-18(21)11-10-15-6-2-1-3-7-15/h1-9H,10-14H2,(H,20,21). The molecule has 2 rings (SSSR count). The molecule has 0 aliphatic carbocycles. The Labute approximate surface area is 141 Å². The van der Waals surface area contributed by atoms with Gasteiger partial charge in [0.2, 0.25) is 5.91 Å². The molecule has 0 atom stereocenters. The lowest BCUT2D eigenvalue weighted by molar-refractivity contribution is -0.120. The van der Waals surface area contributed by atoms with Gasteiger partial charge >= 0.3 is 0 Å². The summed E-state index contributed by atoms with van der Waals surface area (Å²) in [5.41, 5.74) is 2.34. The summed E-state index contributed by atoms with van der Waals surface area (Å²) < 4.78 is 0. The van der Waals surface area contributed by atoms with Crippen LogP contribution in [0.5, 0.6) is 0 Å². The maximum absolute atomic E-state index is 11.8. The fourth-order valence-electron chi connectivity index (χ4n) is 2.05. The van der Waals surface area contributed by atoms with Crippen LogP contribution in [0, 0.1) is 0 Å². The highest BCUT2D eigenvalue weighted by Crippen LogP contribution is 2.20. The number of rotatable bonds is 8. The van der Waals surface area contributed by atoms with Crippen molar-refractivity contribution < 1.29 is 4.79 Å². The zero-order valence-corrected chi connectivity index (χ0v) is 14.0. The minimum Gasteiger partial charge on any atom is -0.355 e. The zero-order chi connectivity index (χ0) is 15.6. The molecular formula is C18H20ClNOS. The molecule has 0 fully saturated rings. The Balaban J connectivity index is 1.57. The number of carbonyl (C=O) groups excluding carboxylic acids is 1. The summed E-state index contributed by atoms with van der Waals surface area (Å²) in [6.45, 7) is 0.697. The molecule has 4 heteroatoms. The van der Waals surface area contributed by atoms with E-state index < -0.39 is 0 Å². The van der Waals surface area contributed by atoms with Crippen LogP contribution in [0.25, 0.3) is 0 Å². The molecule has 1 N–H and O–H groups in total. The van der Waals surface area contributed by atoms with Crippen LogP contribution in [0.2, 0.25) is 5.02 Å². The first-order chi connectivity index (χ1) is 10.8. The second-order valence-corrected chi connectivity index (χ2v) is 6.49. The van der Waals surface area contributed by atoms with Crippen LogP contribution in [0.4, 0.5) is 0 Å². The molecule has 0 heterocycles. The minimum absolute atomic E-state index is 0.113. The molecule has 0 aliphatic heterocycles. The van der Waals surface area contributed by atoms with Gasteiger partial charge in [-0.15, -0.1) is 0 Å². The lowest BCUT2D eigenvalue weighted by Gasteiger charge is -2.06. The molecule has 2 nitrogen and oxygen atoms in total. The van der Waals surface area contributed by atoms with Crippen molar-refractivity contribution in [2.75, 3.05) is 12.3 Å². The van der Waals surface area contributed by atoms with E-state index in [0.717, 1.165) is 28.5 Å². The highest BCUT2D eigenvalue weighted by molar-refractivity contribution is 7.98. The Bertz CT molecular complexity index is 589. The molecule has 0 bridgehead atoms. The topological polar surface area (TPSA) is 29.1 Å². The molecule has 2 aromatic carbocycles. The smallest absolute Gasteiger partial charge is 0.220 e. The largest absolute Gasteiger partial charge is 0.355 e. The predicted octanol–water partition coefficient (Wildman–Crippen LogP) is 4.32. The molecular weight excluding hydrogens is 314 g/mol. The Morgan fingerprint density at radius 1 is 1.05 bits per heavy atom. The van der Waals surface area contributed by atoms with Gasteiger partial charge < -0.3 is 5.32 Å². The number of halogens is 1. The van der Waals surface area contributed by atoms with Gasteiger partial charge in [-0.05, 0) is 23.6 Å². The van der Waals surface area contributed by atoms with Crippen LogP contribution in [-0.4, -0.2) is 18.2 Å². The van der Waals surface area contributed by atoms with E-state index in [1.165, 1.54) is 5.56 Å². The molecule has 0 spiro atoms. The quantitative estimate of drug-likeness (QED) is 0.729. The molecule has 116 valence electrons. The van der Waals surface area contributed by atoms with E-state index in [0.29, 0.717) is 13.0 Å². The first-order valence-electron chi connectivity index (χ1n) is 7.37. The Hall–Kier alpha value is -1.45. The predicted molar refractivity (Wildman–Crippen MR) is 95.4 cm³/mol. The van der Waals surface area contributed by atoms with Gasteiger partial charge in [-0.3, -0.25) is 4.79 Å². The van der Waals surface area contributed by atoms with E-state index in [1.807, 2.05) is 54.6 Å². The van der Waals surface area contributed by atoms with Crippen LogP contribution in [0.1, 0.15) is 17.5 Å². The average molecular weight is 334 g/mol. The molecule has 0 unspecified atom stereocenters.